The zero-order chi connectivity index (χ0) is 19.8. The Balaban J connectivity index is 1.22. The summed E-state index contributed by atoms with van der Waals surface area (Å²) in [5, 5.41) is 0. The first-order chi connectivity index (χ1) is 14.2. The normalized spacial score (nSPS) is 21.0. The maximum Gasteiger partial charge on any atom is 0.231 e. The number of benzene rings is 1. The minimum atomic E-state index is -0.311. The number of fused-ring (bicyclic) bond motifs is 1. The first-order valence-corrected chi connectivity index (χ1v) is 9.84. The van der Waals surface area contributed by atoms with Crippen molar-refractivity contribution in [1.82, 2.24) is 9.88 Å². The molecule has 0 bridgehead atoms. The van der Waals surface area contributed by atoms with Gasteiger partial charge < -0.3 is 24.2 Å². The van der Waals surface area contributed by atoms with Gasteiger partial charge in [-0.2, -0.15) is 0 Å². The van der Waals surface area contributed by atoms with Crippen molar-refractivity contribution in [2.75, 3.05) is 49.3 Å². The van der Waals surface area contributed by atoms with Gasteiger partial charge >= 0.3 is 0 Å². The maximum absolute atomic E-state index is 13.0. The monoisotopic (exact) mass is 394 g/mol. The molecule has 5 rings (SSSR count). The average Bonchev–Trinajstić information content (AvgIpc) is 3.40. The minimum Gasteiger partial charge on any atom is -0.454 e. The molecule has 0 aliphatic carbocycles. The second-order valence-electron chi connectivity index (χ2n) is 7.44. The van der Waals surface area contributed by atoms with Crippen molar-refractivity contribution >= 4 is 23.3 Å². The van der Waals surface area contributed by atoms with Crippen molar-refractivity contribution in [2.24, 2.45) is 5.92 Å². The standard InChI is InChI=1S/C21H22N4O4/c26-20-11-15(13-25(20)16-4-5-17-18(12-16)29-14-28-17)21(27)24-9-7-23(8-10-24)19-3-1-2-6-22-19/h1-6,12,15H,7-11,13-14H2. The molecule has 0 N–H and O–H groups in total. The van der Waals surface area contributed by atoms with E-state index in [1.807, 2.05) is 29.2 Å². The van der Waals surface area contributed by atoms with Crippen LogP contribution < -0.4 is 19.3 Å². The zero-order valence-electron chi connectivity index (χ0n) is 16.0. The van der Waals surface area contributed by atoms with Gasteiger partial charge in [-0.3, -0.25) is 9.59 Å². The number of nitrogens with zero attached hydrogens (tertiary/aromatic N) is 4. The SMILES string of the molecule is O=C(C1CC(=O)N(c2ccc3c(c2)OCO3)C1)N1CCN(c2ccccn2)CC1. The summed E-state index contributed by atoms with van der Waals surface area (Å²) in [5.74, 6) is 1.96. The molecule has 0 saturated carbocycles. The Morgan fingerprint density at radius 1 is 1.03 bits per heavy atom. The highest BCUT2D eigenvalue weighted by molar-refractivity contribution is 6.00. The molecule has 4 heterocycles. The van der Waals surface area contributed by atoms with E-state index in [-0.39, 0.29) is 30.9 Å². The largest absolute Gasteiger partial charge is 0.454 e. The predicted molar refractivity (Wildman–Crippen MR) is 106 cm³/mol. The molecule has 3 aliphatic heterocycles. The summed E-state index contributed by atoms with van der Waals surface area (Å²) in [6.45, 7) is 3.37. The Morgan fingerprint density at radius 2 is 1.86 bits per heavy atom. The van der Waals surface area contributed by atoms with Gasteiger partial charge in [0.15, 0.2) is 11.5 Å². The molecule has 1 unspecified atom stereocenters. The summed E-state index contributed by atoms with van der Waals surface area (Å²) < 4.78 is 10.7. The van der Waals surface area contributed by atoms with Crippen LogP contribution in [0.2, 0.25) is 0 Å². The number of amides is 2. The Morgan fingerprint density at radius 3 is 2.66 bits per heavy atom. The molecule has 1 aromatic carbocycles. The van der Waals surface area contributed by atoms with Gasteiger partial charge in [-0.15, -0.1) is 0 Å². The van der Waals surface area contributed by atoms with Crippen LogP contribution in [0, 0.1) is 5.92 Å². The summed E-state index contributed by atoms with van der Waals surface area (Å²) in [6, 6.07) is 11.3. The van der Waals surface area contributed by atoms with Gasteiger partial charge in [0, 0.05) is 57.1 Å². The van der Waals surface area contributed by atoms with E-state index in [0.29, 0.717) is 31.1 Å². The van der Waals surface area contributed by atoms with Crippen LogP contribution >= 0.6 is 0 Å². The van der Waals surface area contributed by atoms with E-state index in [4.69, 9.17) is 9.47 Å². The van der Waals surface area contributed by atoms with Crippen LogP contribution in [0.15, 0.2) is 42.6 Å². The highest BCUT2D eigenvalue weighted by Crippen LogP contribution is 2.37. The molecule has 8 heteroatoms. The Bertz CT molecular complexity index is 928. The topological polar surface area (TPSA) is 75.2 Å². The number of carbonyl (C=O) groups excluding carboxylic acids is 2. The van der Waals surface area contributed by atoms with Crippen LogP contribution in [0.4, 0.5) is 11.5 Å². The third-order valence-corrected chi connectivity index (χ3v) is 5.71. The Hall–Kier alpha value is -3.29. The second-order valence-corrected chi connectivity index (χ2v) is 7.44. The lowest BCUT2D eigenvalue weighted by molar-refractivity contribution is -0.136. The van der Waals surface area contributed by atoms with E-state index in [9.17, 15) is 9.59 Å². The lowest BCUT2D eigenvalue weighted by Crippen LogP contribution is -2.51. The summed E-state index contributed by atoms with van der Waals surface area (Å²) in [6.07, 6.45) is 2.02. The molecule has 1 atom stereocenters. The van der Waals surface area contributed by atoms with Crippen LogP contribution in [0.5, 0.6) is 11.5 Å². The van der Waals surface area contributed by atoms with Crippen LogP contribution in [0.1, 0.15) is 6.42 Å². The molecule has 3 aliphatic rings. The van der Waals surface area contributed by atoms with Crippen molar-refractivity contribution in [3.63, 3.8) is 0 Å². The van der Waals surface area contributed by atoms with Gasteiger partial charge in [0.25, 0.3) is 0 Å². The van der Waals surface area contributed by atoms with Gasteiger partial charge in [-0.25, -0.2) is 4.98 Å². The molecular weight excluding hydrogens is 372 g/mol. The fourth-order valence-electron chi connectivity index (χ4n) is 4.13. The molecule has 0 spiro atoms. The summed E-state index contributed by atoms with van der Waals surface area (Å²) >= 11 is 0. The molecule has 29 heavy (non-hydrogen) atoms. The molecular formula is C21H22N4O4. The van der Waals surface area contributed by atoms with Crippen LogP contribution in [0.3, 0.4) is 0 Å². The number of piperazine rings is 1. The molecule has 1 aromatic heterocycles. The Kier molecular flexibility index (Phi) is 4.46. The molecule has 8 nitrogen and oxygen atoms in total. The van der Waals surface area contributed by atoms with Crippen molar-refractivity contribution in [2.45, 2.75) is 6.42 Å². The van der Waals surface area contributed by atoms with E-state index >= 15 is 0 Å². The molecule has 2 amide bonds. The van der Waals surface area contributed by atoms with Gasteiger partial charge in [-0.05, 0) is 24.3 Å². The van der Waals surface area contributed by atoms with Crippen molar-refractivity contribution in [3.8, 4) is 11.5 Å². The van der Waals surface area contributed by atoms with Crippen molar-refractivity contribution in [3.05, 3.63) is 42.6 Å². The number of pyridine rings is 1. The highest BCUT2D eigenvalue weighted by Gasteiger charge is 2.38. The number of hydrogen-bond donors (Lipinski definition) is 0. The van der Waals surface area contributed by atoms with E-state index in [2.05, 4.69) is 9.88 Å². The summed E-state index contributed by atoms with van der Waals surface area (Å²) in [4.78, 5) is 35.7. The number of aromatic nitrogens is 1. The molecule has 2 aromatic rings. The van der Waals surface area contributed by atoms with Crippen LogP contribution in [-0.4, -0.2) is 61.2 Å². The third kappa shape index (κ3) is 3.35. The number of anilines is 2. The fourth-order valence-corrected chi connectivity index (χ4v) is 4.13. The van der Waals surface area contributed by atoms with E-state index in [0.717, 1.165) is 24.6 Å². The molecule has 2 saturated heterocycles. The average molecular weight is 394 g/mol. The maximum atomic E-state index is 13.0. The molecule has 0 radical (unpaired) electrons. The number of ether oxygens (including phenoxy) is 2. The lowest BCUT2D eigenvalue weighted by Gasteiger charge is -2.36. The number of hydrogen-bond acceptors (Lipinski definition) is 6. The number of carbonyl (C=O) groups is 2. The Labute approximate surface area is 168 Å². The summed E-state index contributed by atoms with van der Waals surface area (Å²) in [7, 11) is 0. The van der Waals surface area contributed by atoms with Crippen molar-refractivity contribution < 1.29 is 19.1 Å². The fraction of sp³-hybridized carbons (Fsp3) is 0.381. The second kappa shape index (κ2) is 7.27. The van der Waals surface area contributed by atoms with Crippen molar-refractivity contribution in [1.29, 1.82) is 0 Å². The van der Waals surface area contributed by atoms with Gasteiger partial charge in [-0.1, -0.05) is 6.07 Å². The predicted octanol–water partition coefficient (Wildman–Crippen LogP) is 1.51. The minimum absolute atomic E-state index is 0.0330. The number of rotatable bonds is 3. The quantitative estimate of drug-likeness (QED) is 0.786. The van der Waals surface area contributed by atoms with Gasteiger partial charge in [0.1, 0.15) is 5.82 Å². The smallest absolute Gasteiger partial charge is 0.231 e. The van der Waals surface area contributed by atoms with Crippen LogP contribution in [0.25, 0.3) is 0 Å². The lowest BCUT2D eigenvalue weighted by atomic mass is 10.1. The van der Waals surface area contributed by atoms with Gasteiger partial charge in [0.2, 0.25) is 18.6 Å². The van der Waals surface area contributed by atoms with Crippen LogP contribution in [-0.2, 0) is 9.59 Å². The summed E-state index contributed by atoms with van der Waals surface area (Å²) in [5.41, 5.74) is 0.745. The first kappa shape index (κ1) is 17.8. The first-order valence-electron chi connectivity index (χ1n) is 9.84. The van der Waals surface area contributed by atoms with Gasteiger partial charge in [0.05, 0.1) is 5.92 Å². The molecule has 2 fully saturated rings. The zero-order valence-corrected chi connectivity index (χ0v) is 16.0. The molecule has 150 valence electrons. The highest BCUT2D eigenvalue weighted by atomic mass is 16.7. The van der Waals surface area contributed by atoms with E-state index in [1.54, 1.807) is 23.2 Å². The third-order valence-electron chi connectivity index (χ3n) is 5.71. The van der Waals surface area contributed by atoms with E-state index < -0.39 is 0 Å². The van der Waals surface area contributed by atoms with E-state index in [1.165, 1.54) is 0 Å².